The fourth-order valence-corrected chi connectivity index (χ4v) is 2.02. The SMILES string of the molecule is COC(CNC(C)c1nc(C)cs1)OC. The van der Waals surface area contributed by atoms with Crippen LogP contribution in [-0.2, 0) is 9.47 Å². The van der Waals surface area contributed by atoms with Gasteiger partial charge in [-0.1, -0.05) is 0 Å². The van der Waals surface area contributed by atoms with Crippen molar-refractivity contribution in [3.05, 3.63) is 16.1 Å². The van der Waals surface area contributed by atoms with Crippen molar-refractivity contribution >= 4 is 11.3 Å². The standard InChI is InChI=1S/C10H18N2O2S/c1-7-6-15-10(12-7)8(2)11-5-9(13-3)14-4/h6,8-9,11H,5H2,1-4H3. The molecule has 5 heteroatoms. The smallest absolute Gasteiger partial charge is 0.169 e. The van der Waals surface area contributed by atoms with E-state index in [2.05, 4.69) is 22.6 Å². The molecule has 1 unspecified atom stereocenters. The summed E-state index contributed by atoms with van der Waals surface area (Å²) < 4.78 is 10.2. The predicted octanol–water partition coefficient (Wildman–Crippen LogP) is 1.72. The summed E-state index contributed by atoms with van der Waals surface area (Å²) in [5.74, 6) is 0. The molecule has 0 saturated carbocycles. The highest BCUT2D eigenvalue weighted by molar-refractivity contribution is 7.09. The average molecular weight is 230 g/mol. The van der Waals surface area contributed by atoms with E-state index in [1.54, 1.807) is 25.6 Å². The molecule has 1 heterocycles. The van der Waals surface area contributed by atoms with Gasteiger partial charge in [-0.3, -0.25) is 0 Å². The van der Waals surface area contributed by atoms with Crippen molar-refractivity contribution in [3.63, 3.8) is 0 Å². The number of hydrogen-bond donors (Lipinski definition) is 1. The van der Waals surface area contributed by atoms with Crippen LogP contribution in [-0.4, -0.2) is 32.0 Å². The normalized spacial score (nSPS) is 13.4. The summed E-state index contributed by atoms with van der Waals surface area (Å²) >= 11 is 1.67. The van der Waals surface area contributed by atoms with E-state index >= 15 is 0 Å². The number of methoxy groups -OCH3 is 2. The monoisotopic (exact) mass is 230 g/mol. The number of hydrogen-bond acceptors (Lipinski definition) is 5. The van der Waals surface area contributed by atoms with Crippen LogP contribution < -0.4 is 5.32 Å². The fourth-order valence-electron chi connectivity index (χ4n) is 1.19. The Hall–Kier alpha value is -0.490. The molecule has 1 atom stereocenters. The lowest BCUT2D eigenvalue weighted by Gasteiger charge is -2.17. The largest absolute Gasteiger partial charge is 0.355 e. The molecule has 0 bridgehead atoms. The van der Waals surface area contributed by atoms with Gasteiger partial charge in [-0.2, -0.15) is 0 Å². The molecule has 86 valence electrons. The van der Waals surface area contributed by atoms with Crippen LogP contribution in [0.5, 0.6) is 0 Å². The second-order valence-electron chi connectivity index (χ2n) is 3.36. The zero-order chi connectivity index (χ0) is 11.3. The van der Waals surface area contributed by atoms with Crippen molar-refractivity contribution < 1.29 is 9.47 Å². The number of rotatable bonds is 6. The Morgan fingerprint density at radius 1 is 1.47 bits per heavy atom. The summed E-state index contributed by atoms with van der Waals surface area (Å²) in [5, 5.41) is 6.46. The van der Waals surface area contributed by atoms with Gasteiger partial charge in [0.25, 0.3) is 0 Å². The molecule has 1 aromatic heterocycles. The van der Waals surface area contributed by atoms with Gasteiger partial charge >= 0.3 is 0 Å². The molecule has 1 N–H and O–H groups in total. The highest BCUT2D eigenvalue weighted by Crippen LogP contribution is 2.17. The van der Waals surface area contributed by atoms with Crippen LogP contribution in [0, 0.1) is 6.92 Å². The first-order chi connectivity index (χ1) is 7.17. The molecular formula is C10H18N2O2S. The molecular weight excluding hydrogens is 212 g/mol. The summed E-state index contributed by atoms with van der Waals surface area (Å²) in [6, 6.07) is 0.233. The number of aryl methyl sites for hydroxylation is 1. The van der Waals surface area contributed by atoms with Crippen LogP contribution >= 0.6 is 11.3 Å². The van der Waals surface area contributed by atoms with Crippen molar-refractivity contribution in [1.82, 2.24) is 10.3 Å². The average Bonchev–Trinajstić information content (AvgIpc) is 2.66. The maximum atomic E-state index is 5.09. The van der Waals surface area contributed by atoms with E-state index in [0.717, 1.165) is 10.7 Å². The van der Waals surface area contributed by atoms with Gasteiger partial charge in [0.15, 0.2) is 6.29 Å². The van der Waals surface area contributed by atoms with Crippen LogP contribution in [0.4, 0.5) is 0 Å². The van der Waals surface area contributed by atoms with E-state index in [1.807, 2.05) is 6.92 Å². The zero-order valence-electron chi connectivity index (χ0n) is 9.61. The molecule has 1 aromatic rings. The quantitative estimate of drug-likeness (QED) is 0.756. The Morgan fingerprint density at radius 3 is 2.60 bits per heavy atom. The minimum Gasteiger partial charge on any atom is -0.355 e. The van der Waals surface area contributed by atoms with Gasteiger partial charge in [0.2, 0.25) is 0 Å². The molecule has 0 aliphatic rings. The molecule has 0 radical (unpaired) electrons. The third kappa shape index (κ3) is 3.87. The van der Waals surface area contributed by atoms with Crippen molar-refractivity contribution in [2.45, 2.75) is 26.2 Å². The summed E-state index contributed by atoms with van der Waals surface area (Å²) in [7, 11) is 3.27. The Bertz CT molecular complexity index is 287. The lowest BCUT2D eigenvalue weighted by Crippen LogP contribution is -2.31. The fraction of sp³-hybridized carbons (Fsp3) is 0.700. The first-order valence-corrected chi connectivity index (χ1v) is 5.76. The van der Waals surface area contributed by atoms with Crippen LogP contribution in [0.15, 0.2) is 5.38 Å². The second kappa shape index (κ2) is 6.17. The Kier molecular flexibility index (Phi) is 5.17. The summed E-state index contributed by atoms with van der Waals surface area (Å²) in [4.78, 5) is 4.41. The van der Waals surface area contributed by atoms with Crippen molar-refractivity contribution in [2.75, 3.05) is 20.8 Å². The maximum Gasteiger partial charge on any atom is 0.169 e. The van der Waals surface area contributed by atoms with E-state index in [-0.39, 0.29) is 12.3 Å². The number of thiazole rings is 1. The first kappa shape index (κ1) is 12.6. The number of ether oxygens (including phenoxy) is 2. The molecule has 0 spiro atoms. The third-order valence-corrected chi connectivity index (χ3v) is 3.27. The second-order valence-corrected chi connectivity index (χ2v) is 4.25. The molecule has 1 rings (SSSR count). The van der Waals surface area contributed by atoms with Crippen LogP contribution in [0.25, 0.3) is 0 Å². The van der Waals surface area contributed by atoms with Gasteiger partial charge in [0.1, 0.15) is 5.01 Å². The molecule has 0 aliphatic heterocycles. The van der Waals surface area contributed by atoms with Gasteiger partial charge in [-0.15, -0.1) is 11.3 Å². The summed E-state index contributed by atoms with van der Waals surface area (Å²) in [6.07, 6.45) is -0.200. The lowest BCUT2D eigenvalue weighted by molar-refractivity contribution is -0.0997. The topological polar surface area (TPSA) is 43.4 Å². The van der Waals surface area contributed by atoms with Gasteiger partial charge in [0, 0.05) is 31.8 Å². The van der Waals surface area contributed by atoms with Crippen molar-refractivity contribution in [1.29, 1.82) is 0 Å². The van der Waals surface area contributed by atoms with E-state index < -0.39 is 0 Å². The molecule has 0 aliphatic carbocycles. The lowest BCUT2D eigenvalue weighted by atomic mass is 10.3. The van der Waals surface area contributed by atoms with Crippen LogP contribution in [0.1, 0.15) is 23.7 Å². The molecule has 4 nitrogen and oxygen atoms in total. The minimum atomic E-state index is -0.200. The minimum absolute atomic E-state index is 0.200. The predicted molar refractivity (Wildman–Crippen MR) is 61.1 cm³/mol. The van der Waals surface area contributed by atoms with Gasteiger partial charge in [0.05, 0.1) is 6.04 Å². The third-order valence-electron chi connectivity index (χ3n) is 2.12. The Labute approximate surface area is 94.6 Å². The molecule has 0 aromatic carbocycles. The number of aromatic nitrogens is 1. The Balaban J connectivity index is 2.39. The van der Waals surface area contributed by atoms with Crippen LogP contribution in [0.3, 0.4) is 0 Å². The van der Waals surface area contributed by atoms with E-state index in [9.17, 15) is 0 Å². The van der Waals surface area contributed by atoms with Gasteiger partial charge < -0.3 is 14.8 Å². The van der Waals surface area contributed by atoms with E-state index in [4.69, 9.17) is 9.47 Å². The Morgan fingerprint density at radius 2 is 2.13 bits per heavy atom. The van der Waals surface area contributed by atoms with Gasteiger partial charge in [-0.05, 0) is 13.8 Å². The van der Waals surface area contributed by atoms with E-state index in [1.165, 1.54) is 0 Å². The highest BCUT2D eigenvalue weighted by atomic mass is 32.1. The summed E-state index contributed by atoms with van der Waals surface area (Å²) in [5.41, 5.74) is 1.07. The van der Waals surface area contributed by atoms with E-state index in [0.29, 0.717) is 6.54 Å². The highest BCUT2D eigenvalue weighted by Gasteiger charge is 2.11. The first-order valence-electron chi connectivity index (χ1n) is 4.88. The molecule has 0 amide bonds. The maximum absolute atomic E-state index is 5.09. The number of nitrogens with one attached hydrogen (secondary N) is 1. The van der Waals surface area contributed by atoms with Crippen molar-refractivity contribution in [3.8, 4) is 0 Å². The van der Waals surface area contributed by atoms with Crippen molar-refractivity contribution in [2.24, 2.45) is 0 Å². The number of nitrogens with zero attached hydrogens (tertiary/aromatic N) is 1. The zero-order valence-corrected chi connectivity index (χ0v) is 10.4. The molecule has 15 heavy (non-hydrogen) atoms. The van der Waals surface area contributed by atoms with Gasteiger partial charge in [-0.25, -0.2) is 4.98 Å². The summed E-state index contributed by atoms with van der Waals surface area (Å²) in [6.45, 7) is 4.74. The van der Waals surface area contributed by atoms with Crippen LogP contribution in [0.2, 0.25) is 0 Å². The molecule has 0 saturated heterocycles. The molecule has 0 fully saturated rings.